The summed E-state index contributed by atoms with van der Waals surface area (Å²) in [6, 6.07) is -0.675. The quantitative estimate of drug-likeness (QED) is 0.484. The van der Waals surface area contributed by atoms with Crippen LogP contribution in [0.3, 0.4) is 0 Å². The van der Waals surface area contributed by atoms with E-state index in [4.69, 9.17) is 4.74 Å². The first-order chi connectivity index (χ1) is 14.2. The molecule has 0 atom stereocenters. The van der Waals surface area contributed by atoms with Crippen LogP contribution in [0.1, 0.15) is 51.1 Å². The monoisotopic (exact) mass is 438 g/mol. The number of nitrogens with zero attached hydrogens (tertiary/aromatic N) is 2. The molecular weight excluding hydrogens is 412 g/mol. The minimum atomic E-state index is -0.953. The van der Waals surface area contributed by atoms with Gasteiger partial charge in [0, 0.05) is 24.0 Å². The van der Waals surface area contributed by atoms with Crippen molar-refractivity contribution in [2.45, 2.75) is 64.5 Å². The van der Waals surface area contributed by atoms with Crippen LogP contribution >= 0.6 is 11.3 Å². The molecule has 2 aliphatic rings. The van der Waals surface area contributed by atoms with Gasteiger partial charge < -0.3 is 14.6 Å². The molecule has 1 aliphatic heterocycles. The van der Waals surface area contributed by atoms with Gasteiger partial charge in [0.2, 0.25) is 0 Å². The lowest BCUT2D eigenvalue weighted by atomic mass is 9.77. The predicted octanol–water partition coefficient (Wildman–Crippen LogP) is 1.07. The van der Waals surface area contributed by atoms with Crippen molar-refractivity contribution in [1.29, 1.82) is 0 Å². The van der Waals surface area contributed by atoms with Gasteiger partial charge in [-0.25, -0.2) is 4.79 Å². The summed E-state index contributed by atoms with van der Waals surface area (Å²) < 4.78 is 6.48. The summed E-state index contributed by atoms with van der Waals surface area (Å²) in [6.07, 6.45) is 3.15. The number of nitrogens with one attached hydrogen (secondary N) is 2. The maximum atomic E-state index is 12.7. The Hall–Kier alpha value is -2.69. The number of hydrogen-bond donors (Lipinski definition) is 2. The fraction of sp³-hybridized carbons (Fsp3) is 0.632. The highest BCUT2D eigenvalue weighted by Gasteiger charge is 2.52. The van der Waals surface area contributed by atoms with Crippen molar-refractivity contribution in [1.82, 2.24) is 20.3 Å². The number of hydrogen-bond acceptors (Lipinski definition) is 7. The third kappa shape index (κ3) is 4.72. The van der Waals surface area contributed by atoms with E-state index in [0.29, 0.717) is 36.7 Å². The summed E-state index contributed by atoms with van der Waals surface area (Å²) in [5, 5.41) is 5.13. The van der Waals surface area contributed by atoms with Crippen LogP contribution in [0.15, 0.2) is 10.2 Å². The summed E-state index contributed by atoms with van der Waals surface area (Å²) >= 11 is 1.10. The highest BCUT2D eigenvalue weighted by atomic mass is 32.1. The van der Waals surface area contributed by atoms with Gasteiger partial charge in [0.05, 0.1) is 0 Å². The molecule has 30 heavy (non-hydrogen) atoms. The minimum absolute atomic E-state index is 0.0411. The summed E-state index contributed by atoms with van der Waals surface area (Å²) in [4.78, 5) is 60.3. The Labute approximate surface area is 177 Å². The zero-order valence-electron chi connectivity index (χ0n) is 17.1. The lowest BCUT2D eigenvalue weighted by Gasteiger charge is -2.33. The number of rotatable bonds is 7. The van der Waals surface area contributed by atoms with E-state index in [2.05, 4.69) is 17.7 Å². The second-order valence-electron chi connectivity index (χ2n) is 7.93. The molecule has 4 amide bonds. The van der Waals surface area contributed by atoms with Crippen molar-refractivity contribution in [3.8, 4) is 0 Å². The summed E-state index contributed by atoms with van der Waals surface area (Å²) in [5.74, 6) is -1.35. The Balaban J connectivity index is 1.42. The van der Waals surface area contributed by atoms with Crippen molar-refractivity contribution < 1.29 is 23.9 Å². The summed E-state index contributed by atoms with van der Waals surface area (Å²) in [5.41, 5.74) is 2.10. The molecule has 0 aromatic carbocycles. The number of aryl methyl sites for hydroxylation is 1. The lowest BCUT2D eigenvalue weighted by molar-refractivity contribution is -0.150. The summed E-state index contributed by atoms with van der Waals surface area (Å²) in [6.45, 7) is 3.70. The minimum Gasteiger partial charge on any atom is -0.455 e. The number of amides is 4. The SMILES string of the molecule is Cc1csc(=O)n1CCCC(=O)OCC(=O)NN1C(=O)NC2(CCC(C)CC2)C1=O. The maximum absolute atomic E-state index is 12.7. The molecule has 11 heteroatoms. The Morgan fingerprint density at radius 2 is 2.00 bits per heavy atom. The number of aromatic nitrogens is 1. The Bertz CT molecular complexity index is 899. The second kappa shape index (κ2) is 8.99. The number of urea groups is 1. The molecule has 0 unspecified atom stereocenters. The molecule has 0 radical (unpaired) electrons. The number of thiazole rings is 1. The average Bonchev–Trinajstić information content (AvgIpc) is 3.14. The maximum Gasteiger partial charge on any atom is 0.344 e. The van der Waals surface area contributed by atoms with Gasteiger partial charge in [-0.05, 0) is 44.9 Å². The molecule has 2 fully saturated rings. The van der Waals surface area contributed by atoms with Gasteiger partial charge in [0.25, 0.3) is 11.8 Å². The largest absolute Gasteiger partial charge is 0.455 e. The number of carbonyl (C=O) groups is 4. The number of imide groups is 1. The van der Waals surface area contributed by atoms with Gasteiger partial charge in [-0.1, -0.05) is 18.3 Å². The Kier molecular flexibility index (Phi) is 6.59. The first-order valence-electron chi connectivity index (χ1n) is 9.98. The molecule has 1 saturated heterocycles. The average molecular weight is 439 g/mol. The van der Waals surface area contributed by atoms with E-state index >= 15 is 0 Å². The van der Waals surface area contributed by atoms with E-state index in [9.17, 15) is 24.0 Å². The summed E-state index contributed by atoms with van der Waals surface area (Å²) in [7, 11) is 0. The standard InChI is InChI=1S/C19H26N4O6S/c1-12-5-7-19(8-6-12)16(26)23(17(27)20-19)21-14(24)10-29-15(25)4-3-9-22-13(2)11-30-18(22)28/h11-12H,3-10H2,1-2H3,(H,20,27)(H,21,24). The fourth-order valence-electron chi connectivity index (χ4n) is 3.75. The van der Waals surface area contributed by atoms with Gasteiger partial charge >= 0.3 is 16.9 Å². The predicted molar refractivity (Wildman–Crippen MR) is 107 cm³/mol. The molecule has 3 rings (SSSR count). The zero-order chi connectivity index (χ0) is 21.9. The first-order valence-corrected chi connectivity index (χ1v) is 10.9. The van der Waals surface area contributed by atoms with E-state index in [1.807, 2.05) is 6.92 Å². The molecule has 0 bridgehead atoms. The Morgan fingerprint density at radius 1 is 1.30 bits per heavy atom. The molecule has 10 nitrogen and oxygen atoms in total. The number of hydrazine groups is 1. The smallest absolute Gasteiger partial charge is 0.344 e. The van der Waals surface area contributed by atoms with Gasteiger partial charge in [-0.3, -0.25) is 24.6 Å². The van der Waals surface area contributed by atoms with Crippen LogP contribution in [-0.4, -0.2) is 45.5 Å². The third-order valence-electron chi connectivity index (χ3n) is 5.63. The van der Waals surface area contributed by atoms with Gasteiger partial charge in [-0.15, -0.1) is 0 Å². The van der Waals surface area contributed by atoms with Crippen molar-refractivity contribution in [3.63, 3.8) is 0 Å². The molecule has 2 N–H and O–H groups in total. The molecule has 1 aromatic heterocycles. The highest BCUT2D eigenvalue weighted by Crippen LogP contribution is 2.35. The fourth-order valence-corrected chi connectivity index (χ4v) is 4.51. The topological polar surface area (TPSA) is 127 Å². The van der Waals surface area contributed by atoms with Crippen LogP contribution in [0.4, 0.5) is 4.79 Å². The van der Waals surface area contributed by atoms with Crippen LogP contribution in [0.5, 0.6) is 0 Å². The van der Waals surface area contributed by atoms with E-state index < -0.39 is 36.0 Å². The number of esters is 1. The molecule has 1 spiro atoms. The van der Waals surface area contributed by atoms with E-state index in [-0.39, 0.29) is 11.3 Å². The normalized spacial score (nSPS) is 23.5. The van der Waals surface area contributed by atoms with Crippen LogP contribution in [0, 0.1) is 12.8 Å². The highest BCUT2D eigenvalue weighted by molar-refractivity contribution is 7.07. The van der Waals surface area contributed by atoms with Crippen LogP contribution in [-0.2, 0) is 25.7 Å². The third-order valence-corrected chi connectivity index (χ3v) is 6.51. The Morgan fingerprint density at radius 3 is 2.63 bits per heavy atom. The lowest BCUT2D eigenvalue weighted by Crippen LogP contribution is -2.52. The molecule has 1 aliphatic carbocycles. The molecule has 2 heterocycles. The first kappa shape index (κ1) is 22.0. The van der Waals surface area contributed by atoms with Crippen molar-refractivity contribution in [3.05, 3.63) is 20.7 Å². The van der Waals surface area contributed by atoms with E-state index in [1.165, 1.54) is 0 Å². The molecule has 1 saturated carbocycles. The molecule has 1 aromatic rings. The zero-order valence-corrected chi connectivity index (χ0v) is 17.9. The number of ether oxygens (including phenoxy) is 1. The van der Waals surface area contributed by atoms with E-state index in [0.717, 1.165) is 29.9 Å². The van der Waals surface area contributed by atoms with Crippen molar-refractivity contribution in [2.24, 2.45) is 5.92 Å². The van der Waals surface area contributed by atoms with Crippen LogP contribution in [0.2, 0.25) is 0 Å². The van der Waals surface area contributed by atoms with Crippen LogP contribution < -0.4 is 15.6 Å². The van der Waals surface area contributed by atoms with E-state index in [1.54, 1.807) is 9.95 Å². The van der Waals surface area contributed by atoms with Crippen LogP contribution in [0.25, 0.3) is 0 Å². The van der Waals surface area contributed by atoms with Gasteiger partial charge in [-0.2, -0.15) is 5.01 Å². The van der Waals surface area contributed by atoms with Crippen molar-refractivity contribution in [2.75, 3.05) is 6.61 Å². The number of carbonyl (C=O) groups excluding carboxylic acids is 4. The van der Waals surface area contributed by atoms with Crippen molar-refractivity contribution >= 4 is 35.2 Å². The molecule has 164 valence electrons. The molecular formula is C19H26N4O6S. The second-order valence-corrected chi connectivity index (χ2v) is 8.75. The van der Waals surface area contributed by atoms with Gasteiger partial charge in [0.1, 0.15) is 5.54 Å². The van der Waals surface area contributed by atoms with Gasteiger partial charge in [0.15, 0.2) is 6.61 Å².